The van der Waals surface area contributed by atoms with Crippen molar-refractivity contribution in [1.82, 2.24) is 10.3 Å². The lowest BCUT2D eigenvalue weighted by molar-refractivity contribution is -0.120. The molecule has 1 aromatic carbocycles. The molecule has 0 saturated carbocycles. The molecule has 1 saturated heterocycles. The molecule has 0 spiro atoms. The molecule has 2 heterocycles. The molecule has 0 radical (unpaired) electrons. The zero-order valence-corrected chi connectivity index (χ0v) is 15.0. The van der Waals surface area contributed by atoms with Gasteiger partial charge in [-0.05, 0) is 45.4 Å². The highest BCUT2D eigenvalue weighted by Gasteiger charge is 2.24. The Balaban J connectivity index is 0.00000192. The smallest absolute Gasteiger partial charge is 0.227 e. The second-order valence-electron chi connectivity index (χ2n) is 5.89. The molecular formula is C17H22ClN3OS. The average molecular weight is 352 g/mol. The molecule has 1 aliphatic heterocycles. The van der Waals surface area contributed by atoms with Crippen molar-refractivity contribution < 1.29 is 4.79 Å². The van der Waals surface area contributed by atoms with E-state index in [2.05, 4.69) is 27.9 Å². The summed E-state index contributed by atoms with van der Waals surface area (Å²) in [6.07, 6.45) is 1.81. The first-order chi connectivity index (χ1) is 10.6. The molecule has 0 aliphatic carbocycles. The van der Waals surface area contributed by atoms with Crippen LogP contribution < -0.4 is 10.6 Å². The predicted octanol–water partition coefficient (Wildman–Crippen LogP) is 3.87. The van der Waals surface area contributed by atoms with Crippen LogP contribution in [0.3, 0.4) is 0 Å². The summed E-state index contributed by atoms with van der Waals surface area (Å²) >= 11 is 1.65. The van der Waals surface area contributed by atoms with Crippen molar-refractivity contribution in [2.45, 2.75) is 32.7 Å². The predicted molar refractivity (Wildman–Crippen MR) is 98.4 cm³/mol. The number of carbonyl (C=O) groups is 1. The fourth-order valence-electron chi connectivity index (χ4n) is 2.83. The number of carbonyl (C=O) groups excluding carboxylic acids is 1. The SMILES string of the molecule is Cc1nc(-c2ccc(NC(=O)[C@H]3CCN[C@@H](C)C3)cc2)cs1.Cl. The molecule has 1 aromatic heterocycles. The van der Waals surface area contributed by atoms with Crippen LogP contribution in [-0.2, 0) is 4.79 Å². The number of benzene rings is 1. The molecule has 1 aliphatic rings. The summed E-state index contributed by atoms with van der Waals surface area (Å²) in [5.74, 6) is 0.239. The number of rotatable bonds is 3. The maximum atomic E-state index is 12.3. The highest BCUT2D eigenvalue weighted by atomic mass is 35.5. The first-order valence-corrected chi connectivity index (χ1v) is 8.56. The Kier molecular flexibility index (Phi) is 6.16. The van der Waals surface area contributed by atoms with E-state index in [4.69, 9.17) is 0 Å². The van der Waals surface area contributed by atoms with Crippen molar-refractivity contribution >= 4 is 35.3 Å². The van der Waals surface area contributed by atoms with Gasteiger partial charge in [-0.3, -0.25) is 4.79 Å². The van der Waals surface area contributed by atoms with Crippen molar-refractivity contribution in [3.63, 3.8) is 0 Å². The van der Waals surface area contributed by atoms with Crippen LogP contribution in [0.1, 0.15) is 24.8 Å². The van der Waals surface area contributed by atoms with Crippen LogP contribution in [0.4, 0.5) is 5.69 Å². The number of hydrogen-bond donors (Lipinski definition) is 2. The van der Waals surface area contributed by atoms with Crippen LogP contribution in [0.5, 0.6) is 0 Å². The number of aryl methyl sites for hydroxylation is 1. The van der Waals surface area contributed by atoms with Crippen molar-refractivity contribution in [2.75, 3.05) is 11.9 Å². The zero-order chi connectivity index (χ0) is 15.5. The van der Waals surface area contributed by atoms with Gasteiger partial charge >= 0.3 is 0 Å². The van der Waals surface area contributed by atoms with Crippen molar-refractivity contribution in [3.05, 3.63) is 34.7 Å². The first-order valence-electron chi connectivity index (χ1n) is 7.68. The summed E-state index contributed by atoms with van der Waals surface area (Å²) in [6.45, 7) is 5.05. The van der Waals surface area contributed by atoms with Crippen LogP contribution in [0.15, 0.2) is 29.6 Å². The number of piperidine rings is 1. The van der Waals surface area contributed by atoms with Crippen molar-refractivity contribution in [3.8, 4) is 11.3 Å². The quantitative estimate of drug-likeness (QED) is 0.882. The monoisotopic (exact) mass is 351 g/mol. The number of hydrogen-bond acceptors (Lipinski definition) is 4. The number of amides is 1. The highest BCUT2D eigenvalue weighted by molar-refractivity contribution is 7.09. The Labute approximate surface area is 147 Å². The third-order valence-electron chi connectivity index (χ3n) is 4.06. The third kappa shape index (κ3) is 4.53. The lowest BCUT2D eigenvalue weighted by atomic mass is 9.92. The van der Waals surface area contributed by atoms with Gasteiger partial charge in [-0.25, -0.2) is 4.98 Å². The van der Waals surface area contributed by atoms with E-state index < -0.39 is 0 Å². The maximum absolute atomic E-state index is 12.3. The van der Waals surface area contributed by atoms with Gasteiger partial charge < -0.3 is 10.6 Å². The van der Waals surface area contributed by atoms with Crippen LogP contribution in [-0.4, -0.2) is 23.5 Å². The number of nitrogens with one attached hydrogen (secondary N) is 2. The van der Waals surface area contributed by atoms with E-state index in [9.17, 15) is 4.79 Å². The van der Waals surface area contributed by atoms with Gasteiger partial charge in [0.2, 0.25) is 5.91 Å². The molecule has 4 nitrogen and oxygen atoms in total. The molecule has 124 valence electrons. The van der Waals surface area contributed by atoms with Crippen LogP contribution in [0.25, 0.3) is 11.3 Å². The Morgan fingerprint density at radius 3 is 2.70 bits per heavy atom. The van der Waals surface area contributed by atoms with E-state index in [-0.39, 0.29) is 24.2 Å². The molecule has 0 bridgehead atoms. The Morgan fingerprint density at radius 1 is 1.35 bits per heavy atom. The van der Waals surface area contributed by atoms with Gasteiger partial charge in [-0.15, -0.1) is 23.7 Å². The number of anilines is 1. The maximum Gasteiger partial charge on any atom is 0.227 e. The van der Waals surface area contributed by atoms with Crippen molar-refractivity contribution in [2.24, 2.45) is 5.92 Å². The largest absolute Gasteiger partial charge is 0.326 e. The molecule has 2 aromatic rings. The van der Waals surface area contributed by atoms with Gasteiger partial charge in [0.15, 0.2) is 0 Å². The van der Waals surface area contributed by atoms with E-state index in [1.165, 1.54) is 0 Å². The van der Waals surface area contributed by atoms with Gasteiger partial charge in [-0.2, -0.15) is 0 Å². The molecule has 2 N–H and O–H groups in total. The van der Waals surface area contributed by atoms with Gasteiger partial charge in [0.25, 0.3) is 0 Å². The molecule has 1 fully saturated rings. The zero-order valence-electron chi connectivity index (χ0n) is 13.3. The number of aromatic nitrogens is 1. The molecule has 2 atom stereocenters. The van der Waals surface area contributed by atoms with E-state index in [0.717, 1.165) is 41.3 Å². The fourth-order valence-corrected chi connectivity index (χ4v) is 3.46. The normalized spacial score (nSPS) is 20.6. The highest BCUT2D eigenvalue weighted by Crippen LogP contribution is 2.24. The minimum Gasteiger partial charge on any atom is -0.326 e. The van der Waals surface area contributed by atoms with Gasteiger partial charge in [0.05, 0.1) is 10.7 Å². The standard InChI is InChI=1S/C17H21N3OS.ClH/c1-11-9-14(7-8-18-11)17(21)20-15-5-3-13(4-6-15)16-10-22-12(2)19-16;/h3-6,10-11,14,18H,7-9H2,1-2H3,(H,20,21);1H/t11-,14-;/m0./s1. The van der Waals surface area contributed by atoms with Gasteiger partial charge in [0.1, 0.15) is 0 Å². The number of nitrogens with zero attached hydrogens (tertiary/aromatic N) is 1. The van der Waals surface area contributed by atoms with Gasteiger partial charge in [0, 0.05) is 28.6 Å². The summed E-state index contributed by atoms with van der Waals surface area (Å²) in [5.41, 5.74) is 2.93. The van der Waals surface area contributed by atoms with Crippen LogP contribution in [0, 0.1) is 12.8 Å². The lowest BCUT2D eigenvalue weighted by Crippen LogP contribution is -2.40. The fraction of sp³-hybridized carbons (Fsp3) is 0.412. The third-order valence-corrected chi connectivity index (χ3v) is 4.84. The second kappa shape index (κ2) is 7.90. The Hall–Kier alpha value is -1.43. The van der Waals surface area contributed by atoms with E-state index in [1.54, 1.807) is 11.3 Å². The second-order valence-corrected chi connectivity index (χ2v) is 6.96. The van der Waals surface area contributed by atoms with Crippen LogP contribution >= 0.6 is 23.7 Å². The average Bonchev–Trinajstić information content (AvgIpc) is 2.94. The van der Waals surface area contributed by atoms with E-state index in [1.807, 2.05) is 31.2 Å². The minimum atomic E-state index is 0. The molecule has 6 heteroatoms. The molecule has 23 heavy (non-hydrogen) atoms. The van der Waals surface area contributed by atoms with E-state index in [0.29, 0.717) is 6.04 Å². The summed E-state index contributed by atoms with van der Waals surface area (Å²) in [7, 11) is 0. The molecule has 3 rings (SSSR count). The first kappa shape index (κ1) is 17.9. The molecule has 1 amide bonds. The minimum absolute atomic E-state index is 0. The van der Waals surface area contributed by atoms with E-state index >= 15 is 0 Å². The summed E-state index contributed by atoms with van der Waals surface area (Å²) in [4.78, 5) is 16.8. The molecule has 0 unspecified atom stereocenters. The van der Waals surface area contributed by atoms with Crippen molar-refractivity contribution in [1.29, 1.82) is 0 Å². The summed E-state index contributed by atoms with van der Waals surface area (Å²) in [5, 5.41) is 9.52. The Morgan fingerprint density at radius 2 is 2.09 bits per heavy atom. The van der Waals surface area contributed by atoms with Crippen LogP contribution in [0.2, 0.25) is 0 Å². The van der Waals surface area contributed by atoms with Gasteiger partial charge in [-0.1, -0.05) is 12.1 Å². The summed E-state index contributed by atoms with van der Waals surface area (Å²) in [6, 6.07) is 8.34. The number of halogens is 1. The molecular weight excluding hydrogens is 330 g/mol. The summed E-state index contributed by atoms with van der Waals surface area (Å²) < 4.78 is 0. The lowest BCUT2D eigenvalue weighted by Gasteiger charge is -2.27. The Bertz CT molecular complexity index is 656. The number of thiazole rings is 1. The topological polar surface area (TPSA) is 54.0 Å².